The molecule has 0 aliphatic heterocycles. The first-order chi connectivity index (χ1) is 6.36. The minimum atomic E-state index is 0.456. The summed E-state index contributed by atoms with van der Waals surface area (Å²) in [5, 5.41) is 2.17. The summed E-state index contributed by atoms with van der Waals surface area (Å²) in [6.45, 7) is 0. The van der Waals surface area contributed by atoms with Crippen LogP contribution in [0.4, 0.5) is 0 Å². The van der Waals surface area contributed by atoms with Crippen molar-refractivity contribution in [3.63, 3.8) is 0 Å². The number of rotatable bonds is 1. The van der Waals surface area contributed by atoms with E-state index in [1.54, 1.807) is 0 Å². The molecule has 2 bridgehead atoms. The van der Waals surface area contributed by atoms with Gasteiger partial charge in [0.25, 0.3) is 0 Å². The van der Waals surface area contributed by atoms with Crippen LogP contribution in [-0.4, -0.2) is 6.04 Å². The maximum Gasteiger partial charge on any atom is 0.0147 e. The normalized spacial score (nSPS) is 42.8. The number of hydrogen-bond donors (Lipinski definition) is 1. The average molecular weight is 193 g/mol. The smallest absolute Gasteiger partial charge is 0.0147 e. The third-order valence-electron chi connectivity index (χ3n) is 3.85. The van der Waals surface area contributed by atoms with E-state index < -0.39 is 0 Å². The highest BCUT2D eigenvalue weighted by molar-refractivity contribution is 7.10. The van der Waals surface area contributed by atoms with E-state index in [1.165, 1.54) is 24.1 Å². The van der Waals surface area contributed by atoms with Gasteiger partial charge in [-0.1, -0.05) is 6.07 Å². The summed E-state index contributed by atoms with van der Waals surface area (Å²) >= 11 is 1.88. The zero-order valence-electron chi connectivity index (χ0n) is 7.65. The lowest BCUT2D eigenvalue weighted by Gasteiger charge is -2.27. The zero-order chi connectivity index (χ0) is 8.84. The minimum absolute atomic E-state index is 0.456. The third-order valence-corrected chi connectivity index (χ3v) is 4.83. The van der Waals surface area contributed by atoms with Gasteiger partial charge in [-0.25, -0.2) is 0 Å². The summed E-state index contributed by atoms with van der Waals surface area (Å²) < 4.78 is 0. The molecule has 13 heavy (non-hydrogen) atoms. The summed E-state index contributed by atoms with van der Waals surface area (Å²) in [4.78, 5) is 1.53. The highest BCUT2D eigenvalue weighted by atomic mass is 32.1. The van der Waals surface area contributed by atoms with Crippen LogP contribution in [-0.2, 0) is 0 Å². The van der Waals surface area contributed by atoms with Crippen molar-refractivity contribution in [3.05, 3.63) is 22.4 Å². The Bertz CT molecular complexity index is 291. The Hall–Kier alpha value is -0.340. The monoisotopic (exact) mass is 193 g/mol. The lowest BCUT2D eigenvalue weighted by molar-refractivity contribution is 0.370. The number of fused-ring (bicyclic) bond motifs is 2. The van der Waals surface area contributed by atoms with Gasteiger partial charge in [-0.3, -0.25) is 0 Å². The fraction of sp³-hybridized carbons (Fsp3) is 0.636. The molecule has 70 valence electrons. The molecule has 0 radical (unpaired) electrons. The second kappa shape index (κ2) is 2.82. The van der Waals surface area contributed by atoms with E-state index in [2.05, 4.69) is 17.5 Å². The quantitative estimate of drug-likeness (QED) is 0.729. The largest absolute Gasteiger partial charge is 0.327 e. The van der Waals surface area contributed by atoms with E-state index in [4.69, 9.17) is 5.73 Å². The molecule has 1 aromatic heterocycles. The van der Waals surface area contributed by atoms with E-state index in [9.17, 15) is 0 Å². The van der Waals surface area contributed by atoms with Crippen LogP contribution in [0.25, 0.3) is 0 Å². The fourth-order valence-corrected chi connectivity index (χ4v) is 4.22. The van der Waals surface area contributed by atoms with Gasteiger partial charge in [0.15, 0.2) is 0 Å². The van der Waals surface area contributed by atoms with Gasteiger partial charge in [0, 0.05) is 16.8 Å². The average Bonchev–Trinajstić information content (AvgIpc) is 2.76. The van der Waals surface area contributed by atoms with Crippen molar-refractivity contribution >= 4 is 11.3 Å². The third kappa shape index (κ3) is 1.09. The Morgan fingerprint density at radius 2 is 2.15 bits per heavy atom. The van der Waals surface area contributed by atoms with Crippen molar-refractivity contribution in [2.75, 3.05) is 0 Å². The zero-order valence-corrected chi connectivity index (χ0v) is 8.46. The minimum Gasteiger partial charge on any atom is -0.327 e. The highest BCUT2D eigenvalue weighted by Crippen LogP contribution is 2.52. The Balaban J connectivity index is 1.93. The lowest BCUT2D eigenvalue weighted by Crippen LogP contribution is -2.33. The number of nitrogens with two attached hydrogens (primary N) is 1. The second-order valence-electron chi connectivity index (χ2n) is 4.45. The lowest BCUT2D eigenvalue weighted by atomic mass is 9.84. The van der Waals surface area contributed by atoms with Gasteiger partial charge in [-0.15, -0.1) is 11.3 Å². The molecule has 2 aliphatic rings. The molecule has 2 saturated carbocycles. The second-order valence-corrected chi connectivity index (χ2v) is 5.43. The maximum absolute atomic E-state index is 6.26. The Labute approximate surface area is 83.0 Å². The predicted octanol–water partition coefficient (Wildman–Crippen LogP) is 2.59. The molecule has 0 unspecified atom stereocenters. The van der Waals surface area contributed by atoms with Crippen molar-refractivity contribution in [2.45, 2.75) is 31.2 Å². The van der Waals surface area contributed by atoms with Crippen molar-refractivity contribution in [1.29, 1.82) is 0 Å². The van der Waals surface area contributed by atoms with Crippen molar-refractivity contribution in [3.8, 4) is 0 Å². The van der Waals surface area contributed by atoms with Gasteiger partial charge in [-0.2, -0.15) is 0 Å². The molecule has 4 atom stereocenters. The summed E-state index contributed by atoms with van der Waals surface area (Å²) in [5.41, 5.74) is 6.26. The Kier molecular flexibility index (Phi) is 1.74. The van der Waals surface area contributed by atoms with Gasteiger partial charge >= 0.3 is 0 Å². The summed E-state index contributed by atoms with van der Waals surface area (Å²) in [7, 11) is 0. The molecule has 2 heteroatoms. The highest BCUT2D eigenvalue weighted by Gasteiger charge is 2.46. The maximum atomic E-state index is 6.26. The molecular weight excluding hydrogens is 178 g/mol. The molecule has 1 aromatic rings. The van der Waals surface area contributed by atoms with Gasteiger partial charge in [-0.05, 0) is 42.5 Å². The molecule has 0 spiro atoms. The van der Waals surface area contributed by atoms with Crippen LogP contribution in [0.15, 0.2) is 17.5 Å². The number of hydrogen-bond acceptors (Lipinski definition) is 2. The van der Waals surface area contributed by atoms with Gasteiger partial charge in [0.2, 0.25) is 0 Å². The molecule has 2 N–H and O–H groups in total. The fourth-order valence-electron chi connectivity index (χ4n) is 3.24. The molecular formula is C11H15NS. The van der Waals surface area contributed by atoms with E-state index in [-0.39, 0.29) is 0 Å². The van der Waals surface area contributed by atoms with E-state index in [0.717, 1.165) is 11.8 Å². The molecule has 0 aromatic carbocycles. The van der Waals surface area contributed by atoms with Crippen LogP contribution in [0.1, 0.15) is 30.1 Å². The van der Waals surface area contributed by atoms with Crippen LogP contribution in [0, 0.1) is 11.8 Å². The van der Waals surface area contributed by atoms with Crippen LogP contribution >= 0.6 is 11.3 Å². The van der Waals surface area contributed by atoms with Crippen molar-refractivity contribution in [2.24, 2.45) is 17.6 Å². The van der Waals surface area contributed by atoms with Crippen LogP contribution in [0.2, 0.25) is 0 Å². The molecule has 0 saturated heterocycles. The van der Waals surface area contributed by atoms with Crippen LogP contribution < -0.4 is 5.73 Å². The molecule has 1 heterocycles. The van der Waals surface area contributed by atoms with Gasteiger partial charge in [0.05, 0.1) is 0 Å². The Morgan fingerprint density at radius 3 is 2.77 bits per heavy atom. The standard InChI is InChI=1S/C11H15NS/c12-11-8-4-3-7(6-8)10(11)9-2-1-5-13-9/h1-2,5,7-8,10-11H,3-4,6,12H2/t7-,8+,10+,11-/m1/s1. The van der Waals surface area contributed by atoms with E-state index >= 15 is 0 Å². The topological polar surface area (TPSA) is 26.0 Å². The van der Waals surface area contributed by atoms with Gasteiger partial charge < -0.3 is 5.73 Å². The first-order valence-electron chi connectivity index (χ1n) is 5.15. The molecule has 3 rings (SSSR count). The summed E-state index contributed by atoms with van der Waals surface area (Å²) in [6, 6.07) is 4.87. The SMILES string of the molecule is N[C@@H]1[C@H]2CC[C@H](C2)[C@H]1c1cccs1. The summed E-state index contributed by atoms with van der Waals surface area (Å²) in [5.74, 6) is 2.43. The van der Waals surface area contributed by atoms with Crippen LogP contribution in [0.3, 0.4) is 0 Å². The van der Waals surface area contributed by atoms with Crippen molar-refractivity contribution < 1.29 is 0 Å². The van der Waals surface area contributed by atoms with Crippen molar-refractivity contribution in [1.82, 2.24) is 0 Å². The summed E-state index contributed by atoms with van der Waals surface area (Å²) in [6.07, 6.45) is 4.19. The molecule has 0 amide bonds. The van der Waals surface area contributed by atoms with Crippen LogP contribution in [0.5, 0.6) is 0 Å². The van der Waals surface area contributed by atoms with E-state index in [0.29, 0.717) is 12.0 Å². The first-order valence-corrected chi connectivity index (χ1v) is 6.03. The number of thiophene rings is 1. The van der Waals surface area contributed by atoms with Gasteiger partial charge in [0.1, 0.15) is 0 Å². The molecule has 2 fully saturated rings. The molecule has 1 nitrogen and oxygen atoms in total. The predicted molar refractivity (Wildman–Crippen MR) is 55.9 cm³/mol. The Morgan fingerprint density at radius 1 is 1.31 bits per heavy atom. The van der Waals surface area contributed by atoms with E-state index in [1.807, 2.05) is 11.3 Å². The first kappa shape index (κ1) is 8.01. The molecule has 2 aliphatic carbocycles.